The maximum atomic E-state index is 10.1. The molecule has 0 fully saturated rings. The summed E-state index contributed by atoms with van der Waals surface area (Å²) in [7, 11) is 0. The molecule has 0 saturated carbocycles. The fraction of sp³-hybridized carbons (Fsp3) is 0.300. The molecule has 0 radical (unpaired) electrons. The summed E-state index contributed by atoms with van der Waals surface area (Å²) in [4.78, 5) is 10.1. The van der Waals surface area contributed by atoms with Crippen molar-refractivity contribution in [1.82, 2.24) is 0 Å². The molecule has 16 heavy (non-hydrogen) atoms. The maximum absolute atomic E-state index is 10.1. The zero-order chi connectivity index (χ0) is 12.0. The Kier molecular flexibility index (Phi) is 5.59. The van der Waals surface area contributed by atoms with E-state index in [0.29, 0.717) is 10.8 Å². The number of aliphatic carboxylic acids is 1. The Morgan fingerprint density at radius 2 is 2.19 bits per heavy atom. The van der Waals surface area contributed by atoms with Crippen LogP contribution in [0.1, 0.15) is 0 Å². The van der Waals surface area contributed by atoms with Crippen molar-refractivity contribution in [1.29, 1.82) is 0 Å². The van der Waals surface area contributed by atoms with E-state index in [2.05, 4.69) is 15.9 Å². The molecule has 0 unspecified atom stereocenters. The number of hydrogen-bond donors (Lipinski definition) is 1. The quantitative estimate of drug-likeness (QED) is 0.821. The zero-order valence-electron chi connectivity index (χ0n) is 8.28. The van der Waals surface area contributed by atoms with Gasteiger partial charge < -0.3 is 14.6 Å². The summed E-state index contributed by atoms with van der Waals surface area (Å²) < 4.78 is 10.9. The minimum atomic E-state index is -0.993. The van der Waals surface area contributed by atoms with Gasteiger partial charge in [0.1, 0.15) is 19.0 Å². The predicted molar refractivity (Wildman–Crippen MR) is 63.1 cm³/mol. The molecule has 1 N–H and O–H groups in total. The highest BCUT2D eigenvalue weighted by Gasteiger charge is 2.02. The second kappa shape index (κ2) is 6.73. The van der Waals surface area contributed by atoms with E-state index in [4.69, 9.17) is 26.2 Å². The minimum absolute atomic E-state index is 0.224. The van der Waals surface area contributed by atoms with E-state index in [1.807, 2.05) is 0 Å². The number of carboxylic acid groups (broad SMARTS) is 1. The molecule has 1 rings (SSSR count). The van der Waals surface area contributed by atoms with Gasteiger partial charge in [-0.2, -0.15) is 0 Å². The highest BCUT2D eigenvalue weighted by molar-refractivity contribution is 9.10. The molecule has 88 valence electrons. The maximum Gasteiger partial charge on any atom is 0.329 e. The molecule has 0 aliphatic rings. The molecule has 6 heteroatoms. The van der Waals surface area contributed by atoms with Crippen molar-refractivity contribution in [2.24, 2.45) is 0 Å². The van der Waals surface area contributed by atoms with Crippen LogP contribution in [0, 0.1) is 0 Å². The van der Waals surface area contributed by atoms with Gasteiger partial charge in [0.15, 0.2) is 0 Å². The first kappa shape index (κ1) is 13.3. The van der Waals surface area contributed by atoms with E-state index in [1.54, 1.807) is 18.2 Å². The Labute approximate surface area is 106 Å². The smallest absolute Gasteiger partial charge is 0.329 e. The number of halogens is 2. The predicted octanol–water partition coefficient (Wildman–Crippen LogP) is 2.58. The van der Waals surface area contributed by atoms with Gasteiger partial charge >= 0.3 is 5.97 Å². The van der Waals surface area contributed by atoms with Gasteiger partial charge in [-0.3, -0.25) is 0 Å². The van der Waals surface area contributed by atoms with Crippen LogP contribution in [0.5, 0.6) is 5.75 Å². The number of benzene rings is 1. The molecule has 0 aliphatic heterocycles. The zero-order valence-corrected chi connectivity index (χ0v) is 10.6. The summed E-state index contributed by atoms with van der Waals surface area (Å²) in [6, 6.07) is 5.15. The van der Waals surface area contributed by atoms with Gasteiger partial charge in [-0.1, -0.05) is 11.6 Å². The van der Waals surface area contributed by atoms with Crippen molar-refractivity contribution in [2.75, 3.05) is 19.8 Å². The van der Waals surface area contributed by atoms with Crippen LogP contribution in [0.3, 0.4) is 0 Å². The first-order valence-corrected chi connectivity index (χ1v) is 5.64. The van der Waals surface area contributed by atoms with Gasteiger partial charge in [0, 0.05) is 5.02 Å². The van der Waals surface area contributed by atoms with Crippen molar-refractivity contribution in [3.05, 3.63) is 27.7 Å². The normalized spacial score (nSPS) is 10.1. The van der Waals surface area contributed by atoms with E-state index in [0.717, 1.165) is 4.47 Å². The van der Waals surface area contributed by atoms with Crippen molar-refractivity contribution in [2.45, 2.75) is 0 Å². The SMILES string of the molecule is O=C(O)COCCOc1ccc(Cl)cc1Br. The molecular formula is C10H10BrClO4. The molecule has 4 nitrogen and oxygen atoms in total. The van der Waals surface area contributed by atoms with Crippen molar-refractivity contribution < 1.29 is 19.4 Å². The molecule has 0 amide bonds. The largest absolute Gasteiger partial charge is 0.490 e. The second-order valence-corrected chi connectivity index (χ2v) is 4.16. The summed E-state index contributed by atoms with van der Waals surface area (Å²) in [6.07, 6.45) is 0. The number of ether oxygens (including phenoxy) is 2. The Morgan fingerprint density at radius 3 is 2.81 bits per heavy atom. The average molecular weight is 310 g/mol. The summed E-state index contributed by atoms with van der Waals surface area (Å²) in [5, 5.41) is 8.93. The van der Waals surface area contributed by atoms with E-state index in [-0.39, 0.29) is 19.8 Å². The topological polar surface area (TPSA) is 55.8 Å². The van der Waals surface area contributed by atoms with Crippen LogP contribution in [0.2, 0.25) is 5.02 Å². The molecule has 0 heterocycles. The lowest BCUT2D eigenvalue weighted by Gasteiger charge is -2.08. The van der Waals surface area contributed by atoms with Crippen LogP contribution >= 0.6 is 27.5 Å². The molecule has 0 aliphatic carbocycles. The Bertz CT molecular complexity index is 370. The van der Waals surface area contributed by atoms with Crippen LogP contribution in [0.15, 0.2) is 22.7 Å². The van der Waals surface area contributed by atoms with Crippen LogP contribution in [0.4, 0.5) is 0 Å². The first-order valence-electron chi connectivity index (χ1n) is 4.47. The fourth-order valence-corrected chi connectivity index (χ4v) is 1.76. The number of carbonyl (C=O) groups is 1. The van der Waals surface area contributed by atoms with Gasteiger partial charge in [-0.25, -0.2) is 4.79 Å². The summed E-state index contributed by atoms with van der Waals surface area (Å²) in [6.45, 7) is 0.194. The lowest BCUT2D eigenvalue weighted by molar-refractivity contribution is -0.142. The van der Waals surface area contributed by atoms with E-state index >= 15 is 0 Å². The van der Waals surface area contributed by atoms with Crippen LogP contribution < -0.4 is 4.74 Å². The first-order chi connectivity index (χ1) is 7.59. The van der Waals surface area contributed by atoms with Crippen LogP contribution in [-0.2, 0) is 9.53 Å². The number of rotatable bonds is 6. The Hall–Kier alpha value is -0.780. The van der Waals surface area contributed by atoms with Gasteiger partial charge in [-0.05, 0) is 34.1 Å². The average Bonchev–Trinajstić information content (AvgIpc) is 2.20. The number of carboxylic acids is 1. The van der Waals surface area contributed by atoms with Gasteiger partial charge in [-0.15, -0.1) is 0 Å². The van der Waals surface area contributed by atoms with Crippen molar-refractivity contribution in [3.63, 3.8) is 0 Å². The Balaban J connectivity index is 2.29. The van der Waals surface area contributed by atoms with Gasteiger partial charge in [0.25, 0.3) is 0 Å². The third kappa shape index (κ3) is 4.83. The number of hydrogen-bond acceptors (Lipinski definition) is 3. The summed E-state index contributed by atoms with van der Waals surface area (Å²) in [5.74, 6) is -0.351. The Morgan fingerprint density at radius 1 is 1.44 bits per heavy atom. The molecule has 0 atom stereocenters. The molecular weight excluding hydrogens is 299 g/mol. The van der Waals surface area contributed by atoms with Crippen molar-refractivity contribution >= 4 is 33.5 Å². The minimum Gasteiger partial charge on any atom is -0.490 e. The molecule has 0 aromatic heterocycles. The molecule has 1 aromatic rings. The molecule has 0 bridgehead atoms. The third-order valence-electron chi connectivity index (χ3n) is 1.60. The standard InChI is InChI=1S/C10H10BrClO4/c11-8-5-7(12)1-2-9(8)16-4-3-15-6-10(13)14/h1-2,5H,3-4,6H2,(H,13,14). The highest BCUT2D eigenvalue weighted by Crippen LogP contribution is 2.27. The van der Waals surface area contributed by atoms with E-state index in [1.165, 1.54) is 0 Å². The monoisotopic (exact) mass is 308 g/mol. The van der Waals surface area contributed by atoms with Gasteiger partial charge in [0.05, 0.1) is 11.1 Å². The van der Waals surface area contributed by atoms with Crippen LogP contribution in [0.25, 0.3) is 0 Å². The third-order valence-corrected chi connectivity index (χ3v) is 2.46. The summed E-state index contributed by atoms with van der Waals surface area (Å²) >= 11 is 9.06. The molecule has 0 saturated heterocycles. The lowest BCUT2D eigenvalue weighted by atomic mass is 10.3. The molecule has 1 aromatic carbocycles. The van der Waals surface area contributed by atoms with Crippen LogP contribution in [-0.4, -0.2) is 30.9 Å². The van der Waals surface area contributed by atoms with Crippen molar-refractivity contribution in [3.8, 4) is 5.75 Å². The van der Waals surface area contributed by atoms with Gasteiger partial charge in [0.2, 0.25) is 0 Å². The summed E-state index contributed by atoms with van der Waals surface area (Å²) in [5.41, 5.74) is 0. The highest BCUT2D eigenvalue weighted by atomic mass is 79.9. The van der Waals surface area contributed by atoms with E-state index < -0.39 is 5.97 Å². The lowest BCUT2D eigenvalue weighted by Crippen LogP contribution is -2.12. The van der Waals surface area contributed by atoms with E-state index in [9.17, 15) is 4.79 Å². The second-order valence-electron chi connectivity index (χ2n) is 2.87. The fourth-order valence-electron chi connectivity index (χ4n) is 0.962. The molecule has 0 spiro atoms.